The van der Waals surface area contributed by atoms with Crippen LogP contribution in [0.1, 0.15) is 5.56 Å². The minimum Gasteiger partial charge on any atom is -0.480 e. The molecule has 4 N–H and O–H groups in total. The summed E-state index contributed by atoms with van der Waals surface area (Å²) in [5, 5.41) is 15.2. The van der Waals surface area contributed by atoms with Crippen molar-refractivity contribution in [2.75, 3.05) is 5.32 Å². The zero-order chi connectivity index (χ0) is 17.8. The number of carbonyl (C=O) groups excluding carboxylic acids is 1. The first kappa shape index (κ1) is 16.5. The maximum atomic E-state index is 12.9. The number of aliphatic carboxylic acids is 1. The lowest BCUT2D eigenvalue weighted by atomic mass is 10.1. The lowest BCUT2D eigenvalue weighted by Gasteiger charge is -2.15. The minimum atomic E-state index is -1.14. The second-order valence-corrected chi connectivity index (χ2v) is 5.56. The number of aromatic amines is 1. The van der Waals surface area contributed by atoms with Gasteiger partial charge in [0.25, 0.3) is 0 Å². The molecule has 0 bridgehead atoms. The van der Waals surface area contributed by atoms with Crippen molar-refractivity contribution in [3.8, 4) is 0 Å². The van der Waals surface area contributed by atoms with Gasteiger partial charge in [0.2, 0.25) is 0 Å². The average Bonchev–Trinajstić information content (AvgIpc) is 2.99. The predicted octanol–water partition coefficient (Wildman–Crippen LogP) is 3.12. The van der Waals surface area contributed by atoms with E-state index in [1.54, 1.807) is 6.20 Å². The molecule has 0 aliphatic heterocycles. The van der Waals surface area contributed by atoms with Gasteiger partial charge in [-0.15, -0.1) is 0 Å². The normalized spacial score (nSPS) is 11.9. The van der Waals surface area contributed by atoms with Crippen LogP contribution in [0.25, 0.3) is 10.9 Å². The number of benzene rings is 2. The van der Waals surface area contributed by atoms with Gasteiger partial charge in [0.05, 0.1) is 0 Å². The average molecular weight is 341 g/mol. The van der Waals surface area contributed by atoms with Crippen LogP contribution in [-0.4, -0.2) is 28.1 Å². The molecular formula is C18H16FN3O3. The number of hydrogen-bond donors (Lipinski definition) is 4. The molecule has 2 aromatic carbocycles. The summed E-state index contributed by atoms with van der Waals surface area (Å²) < 4.78 is 12.9. The molecule has 0 spiro atoms. The minimum absolute atomic E-state index is 0.135. The molecule has 25 heavy (non-hydrogen) atoms. The van der Waals surface area contributed by atoms with Gasteiger partial charge in [0, 0.05) is 29.2 Å². The van der Waals surface area contributed by atoms with Gasteiger partial charge in [-0.1, -0.05) is 18.2 Å². The number of rotatable bonds is 5. The molecule has 0 unspecified atom stereocenters. The van der Waals surface area contributed by atoms with E-state index in [0.717, 1.165) is 16.5 Å². The highest BCUT2D eigenvalue weighted by molar-refractivity contribution is 5.92. The second-order valence-electron chi connectivity index (χ2n) is 5.56. The van der Waals surface area contributed by atoms with Crippen molar-refractivity contribution >= 4 is 28.6 Å². The monoisotopic (exact) mass is 341 g/mol. The molecule has 0 aliphatic carbocycles. The molecule has 0 aliphatic rings. The number of halogens is 1. The fourth-order valence-corrected chi connectivity index (χ4v) is 2.58. The number of carboxylic acid groups (broad SMARTS) is 1. The van der Waals surface area contributed by atoms with Gasteiger partial charge in [0.15, 0.2) is 0 Å². The molecule has 0 saturated heterocycles. The topological polar surface area (TPSA) is 94.2 Å². The number of carboxylic acids is 1. The molecule has 0 saturated carbocycles. The highest BCUT2D eigenvalue weighted by atomic mass is 19.1. The SMILES string of the molecule is O=C(Nc1ccc(F)cc1)N[C@H](Cc1c[nH]c2ccccc12)C(=O)O. The van der Waals surface area contributed by atoms with Crippen molar-refractivity contribution in [1.29, 1.82) is 0 Å². The standard InChI is InChI=1S/C18H16FN3O3/c19-12-5-7-13(8-6-12)21-18(25)22-16(17(23)24)9-11-10-20-15-4-2-1-3-14(11)15/h1-8,10,16,20H,9H2,(H,23,24)(H2,21,22,25)/t16-/m1/s1. The lowest BCUT2D eigenvalue weighted by Crippen LogP contribution is -2.44. The molecule has 0 radical (unpaired) electrons. The molecule has 6 nitrogen and oxygen atoms in total. The van der Waals surface area contributed by atoms with Crippen LogP contribution < -0.4 is 10.6 Å². The number of nitrogens with one attached hydrogen (secondary N) is 3. The van der Waals surface area contributed by atoms with E-state index in [-0.39, 0.29) is 6.42 Å². The molecule has 1 aromatic heterocycles. The van der Waals surface area contributed by atoms with Gasteiger partial charge < -0.3 is 20.7 Å². The highest BCUT2D eigenvalue weighted by Gasteiger charge is 2.22. The number of para-hydroxylation sites is 1. The zero-order valence-corrected chi connectivity index (χ0v) is 13.1. The van der Waals surface area contributed by atoms with Crippen LogP contribution in [0.2, 0.25) is 0 Å². The fraction of sp³-hybridized carbons (Fsp3) is 0.111. The molecule has 2 amide bonds. The summed E-state index contributed by atoms with van der Waals surface area (Å²) in [5.74, 6) is -1.56. The Morgan fingerprint density at radius 3 is 2.56 bits per heavy atom. The smallest absolute Gasteiger partial charge is 0.326 e. The van der Waals surface area contributed by atoms with Crippen molar-refractivity contribution < 1.29 is 19.1 Å². The van der Waals surface area contributed by atoms with Crippen molar-refractivity contribution in [2.24, 2.45) is 0 Å². The number of urea groups is 1. The Labute approximate surface area is 142 Å². The van der Waals surface area contributed by atoms with E-state index in [4.69, 9.17) is 0 Å². The van der Waals surface area contributed by atoms with E-state index in [2.05, 4.69) is 15.6 Å². The van der Waals surface area contributed by atoms with Crippen molar-refractivity contribution in [3.05, 3.63) is 66.1 Å². The van der Waals surface area contributed by atoms with Crippen molar-refractivity contribution in [1.82, 2.24) is 10.3 Å². The fourth-order valence-electron chi connectivity index (χ4n) is 2.58. The number of H-pyrrole nitrogens is 1. The van der Waals surface area contributed by atoms with Gasteiger partial charge in [-0.3, -0.25) is 0 Å². The van der Waals surface area contributed by atoms with Gasteiger partial charge in [-0.2, -0.15) is 0 Å². The molecule has 3 aromatic rings. The number of carbonyl (C=O) groups is 2. The number of amides is 2. The van der Waals surface area contributed by atoms with Gasteiger partial charge >= 0.3 is 12.0 Å². The zero-order valence-electron chi connectivity index (χ0n) is 13.1. The third-order valence-electron chi connectivity index (χ3n) is 3.80. The summed E-state index contributed by atoms with van der Waals surface area (Å²) in [5.41, 5.74) is 2.07. The Hall–Kier alpha value is -3.35. The van der Waals surface area contributed by atoms with Crippen LogP contribution in [0, 0.1) is 5.82 Å². The molecule has 1 heterocycles. The predicted molar refractivity (Wildman–Crippen MR) is 92.0 cm³/mol. The maximum absolute atomic E-state index is 12.9. The number of fused-ring (bicyclic) bond motifs is 1. The first-order chi connectivity index (χ1) is 12.0. The largest absolute Gasteiger partial charge is 0.480 e. The van der Waals surface area contributed by atoms with E-state index in [0.29, 0.717) is 5.69 Å². The molecule has 128 valence electrons. The Kier molecular flexibility index (Phi) is 4.65. The lowest BCUT2D eigenvalue weighted by molar-refractivity contribution is -0.139. The van der Waals surface area contributed by atoms with E-state index < -0.39 is 23.9 Å². The third-order valence-corrected chi connectivity index (χ3v) is 3.80. The number of anilines is 1. The summed E-state index contributed by atoms with van der Waals surface area (Å²) in [6, 6.07) is 11.0. The summed E-state index contributed by atoms with van der Waals surface area (Å²) >= 11 is 0. The summed E-state index contributed by atoms with van der Waals surface area (Å²) in [6.45, 7) is 0. The van der Waals surface area contributed by atoms with Gasteiger partial charge in [0.1, 0.15) is 11.9 Å². The Morgan fingerprint density at radius 2 is 1.84 bits per heavy atom. The van der Waals surface area contributed by atoms with Crippen LogP contribution in [0.5, 0.6) is 0 Å². The number of aromatic nitrogens is 1. The van der Waals surface area contributed by atoms with Crippen molar-refractivity contribution in [2.45, 2.75) is 12.5 Å². The van der Waals surface area contributed by atoms with E-state index in [1.165, 1.54) is 24.3 Å². The first-order valence-electron chi connectivity index (χ1n) is 7.64. The van der Waals surface area contributed by atoms with Crippen LogP contribution in [0.15, 0.2) is 54.7 Å². The van der Waals surface area contributed by atoms with Crippen LogP contribution >= 0.6 is 0 Å². The first-order valence-corrected chi connectivity index (χ1v) is 7.64. The molecule has 1 atom stereocenters. The van der Waals surface area contributed by atoms with Crippen LogP contribution in [0.4, 0.5) is 14.9 Å². The highest BCUT2D eigenvalue weighted by Crippen LogP contribution is 2.19. The number of hydrogen-bond acceptors (Lipinski definition) is 2. The van der Waals surface area contributed by atoms with Crippen LogP contribution in [-0.2, 0) is 11.2 Å². The van der Waals surface area contributed by atoms with E-state index >= 15 is 0 Å². The molecule has 3 rings (SSSR count). The molecule has 7 heteroatoms. The summed E-state index contributed by atoms with van der Waals surface area (Å²) in [7, 11) is 0. The van der Waals surface area contributed by atoms with E-state index in [9.17, 15) is 19.1 Å². The Bertz CT molecular complexity index is 905. The third kappa shape index (κ3) is 3.95. The van der Waals surface area contributed by atoms with Crippen LogP contribution in [0.3, 0.4) is 0 Å². The van der Waals surface area contributed by atoms with Crippen molar-refractivity contribution in [3.63, 3.8) is 0 Å². The Balaban J connectivity index is 1.69. The Morgan fingerprint density at radius 1 is 1.12 bits per heavy atom. The molecule has 0 fully saturated rings. The van der Waals surface area contributed by atoms with Gasteiger partial charge in [-0.05, 0) is 35.9 Å². The van der Waals surface area contributed by atoms with E-state index in [1.807, 2.05) is 24.3 Å². The summed E-state index contributed by atoms with van der Waals surface area (Å²) in [4.78, 5) is 26.6. The maximum Gasteiger partial charge on any atom is 0.326 e. The van der Waals surface area contributed by atoms with Gasteiger partial charge in [-0.25, -0.2) is 14.0 Å². The second kappa shape index (κ2) is 7.04. The molecular weight excluding hydrogens is 325 g/mol. The summed E-state index contributed by atoms with van der Waals surface area (Å²) in [6.07, 6.45) is 1.87. The quantitative estimate of drug-likeness (QED) is 0.574.